The minimum Gasteiger partial charge on any atom is -0.463 e. The van der Waals surface area contributed by atoms with Crippen LogP contribution in [-0.2, 0) is 27.9 Å². The number of carbonyl (C=O) groups is 1. The van der Waals surface area contributed by atoms with Gasteiger partial charge in [-0.3, -0.25) is 13.8 Å². The fraction of sp³-hybridized carbons (Fsp3) is 0.885. The lowest BCUT2D eigenvalue weighted by Crippen LogP contribution is -2.24. The van der Waals surface area contributed by atoms with E-state index in [1.807, 2.05) is 6.92 Å². The van der Waals surface area contributed by atoms with Gasteiger partial charge in [0.05, 0.1) is 31.0 Å². The second-order valence-corrected chi connectivity index (χ2v) is 11.5. The molecular formula is C26H48NO8P. The fourth-order valence-corrected chi connectivity index (χ4v) is 5.57. The van der Waals surface area contributed by atoms with Gasteiger partial charge in [-0.2, -0.15) is 0 Å². The molecule has 0 bridgehead atoms. The zero-order chi connectivity index (χ0) is 26.2. The Kier molecular flexibility index (Phi) is 15.4. The van der Waals surface area contributed by atoms with E-state index in [0.717, 1.165) is 38.5 Å². The molecule has 2 rings (SSSR count). The van der Waals surface area contributed by atoms with Crippen molar-refractivity contribution < 1.29 is 37.9 Å². The number of aliphatic hydroxyl groups excluding tert-OH is 1. The number of esters is 1. The zero-order valence-electron chi connectivity index (χ0n) is 21.9. The van der Waals surface area contributed by atoms with Crippen molar-refractivity contribution in [2.24, 2.45) is 5.73 Å². The van der Waals surface area contributed by atoms with Gasteiger partial charge in [0.25, 0.3) is 0 Å². The number of phosphoric ester groups is 1. The maximum absolute atomic E-state index is 12.3. The van der Waals surface area contributed by atoms with E-state index < -0.39 is 26.1 Å². The van der Waals surface area contributed by atoms with E-state index in [1.54, 1.807) is 0 Å². The van der Waals surface area contributed by atoms with Crippen molar-refractivity contribution in [1.29, 1.82) is 0 Å². The number of hydrogen-bond donors (Lipinski definition) is 3. The van der Waals surface area contributed by atoms with E-state index in [4.69, 9.17) is 24.3 Å². The SMILES string of the molecule is CC1CCC/C=C/CCCCCCCCC(O)C[C@H]2O[C@H]2C(OP(=O)(O)OCCN)CCCC(=O)O1. The van der Waals surface area contributed by atoms with Crippen molar-refractivity contribution in [3.63, 3.8) is 0 Å². The normalized spacial score (nSPS) is 33.3. The van der Waals surface area contributed by atoms with Crippen LogP contribution in [0, 0.1) is 0 Å². The van der Waals surface area contributed by atoms with Crippen LogP contribution < -0.4 is 5.73 Å². The fourth-order valence-electron chi connectivity index (χ4n) is 4.60. The summed E-state index contributed by atoms with van der Waals surface area (Å²) in [5.74, 6) is -0.290. The van der Waals surface area contributed by atoms with Gasteiger partial charge >= 0.3 is 13.8 Å². The number of allylic oxidation sites excluding steroid dienone is 2. The summed E-state index contributed by atoms with van der Waals surface area (Å²) in [4.78, 5) is 22.3. The zero-order valence-corrected chi connectivity index (χ0v) is 22.8. The molecule has 0 radical (unpaired) electrons. The molecule has 2 aliphatic rings. The van der Waals surface area contributed by atoms with Crippen LogP contribution in [0.15, 0.2) is 12.2 Å². The highest BCUT2D eigenvalue weighted by molar-refractivity contribution is 7.47. The average Bonchev–Trinajstić information content (AvgIpc) is 3.58. The number of rotatable bonds is 5. The molecule has 2 heterocycles. The Morgan fingerprint density at radius 3 is 2.47 bits per heavy atom. The number of fused-ring (bicyclic) bond motifs is 1. The van der Waals surface area contributed by atoms with Gasteiger partial charge in [-0.25, -0.2) is 4.57 Å². The third-order valence-corrected chi connectivity index (χ3v) is 7.69. The van der Waals surface area contributed by atoms with Crippen molar-refractivity contribution in [3.8, 4) is 0 Å². The number of cyclic esters (lactones) is 1. The lowest BCUT2D eigenvalue weighted by molar-refractivity contribution is -0.148. The van der Waals surface area contributed by atoms with Crippen molar-refractivity contribution >= 4 is 13.8 Å². The minimum absolute atomic E-state index is 0.0909. The summed E-state index contributed by atoms with van der Waals surface area (Å²) in [6.07, 6.45) is 15.3. The number of carbonyl (C=O) groups excluding carboxylic acids is 1. The molecule has 0 amide bonds. The molecule has 210 valence electrons. The summed E-state index contributed by atoms with van der Waals surface area (Å²) in [7, 11) is -4.31. The molecule has 0 saturated carbocycles. The van der Waals surface area contributed by atoms with E-state index in [-0.39, 0.29) is 37.7 Å². The highest BCUT2D eigenvalue weighted by Crippen LogP contribution is 2.48. The summed E-state index contributed by atoms with van der Waals surface area (Å²) in [6, 6.07) is 0. The molecule has 0 aromatic heterocycles. The average molecular weight is 534 g/mol. The maximum Gasteiger partial charge on any atom is 0.472 e. The van der Waals surface area contributed by atoms with E-state index in [0.29, 0.717) is 25.7 Å². The summed E-state index contributed by atoms with van der Waals surface area (Å²) in [5.41, 5.74) is 5.36. The molecule has 0 spiro atoms. The Morgan fingerprint density at radius 2 is 1.72 bits per heavy atom. The van der Waals surface area contributed by atoms with Crippen LogP contribution in [0.25, 0.3) is 0 Å². The lowest BCUT2D eigenvalue weighted by Gasteiger charge is -2.20. The first-order valence-electron chi connectivity index (χ1n) is 13.8. The van der Waals surface area contributed by atoms with Crippen LogP contribution in [0.4, 0.5) is 0 Å². The number of hydrogen-bond acceptors (Lipinski definition) is 8. The standard InChI is InChI=1S/C26H48NO8P/c1-21-14-11-9-7-5-3-2-4-6-8-10-12-15-22(28)20-24-26(34-24)23(16-13-17-25(29)33-21)35-36(30,31)32-19-18-27/h5,7,21-24,26,28H,2-4,6,8-20,27H2,1H3,(H,30,31)/b7-5+/t21?,22?,23?,24-,26+/m1/s1. The highest BCUT2D eigenvalue weighted by atomic mass is 31.2. The summed E-state index contributed by atoms with van der Waals surface area (Å²) < 4.78 is 33.9. The van der Waals surface area contributed by atoms with Gasteiger partial charge in [0, 0.05) is 19.4 Å². The van der Waals surface area contributed by atoms with Crippen LogP contribution in [0.2, 0.25) is 0 Å². The van der Waals surface area contributed by atoms with Gasteiger partial charge in [-0.15, -0.1) is 0 Å². The molecule has 1 fully saturated rings. The molecule has 0 aliphatic carbocycles. The van der Waals surface area contributed by atoms with Crippen LogP contribution in [0.3, 0.4) is 0 Å². The Labute approximate surface area is 216 Å². The molecule has 4 N–H and O–H groups in total. The first-order valence-corrected chi connectivity index (χ1v) is 15.3. The Balaban J connectivity index is 1.91. The van der Waals surface area contributed by atoms with Gasteiger partial charge in [-0.1, -0.05) is 44.3 Å². The van der Waals surface area contributed by atoms with Gasteiger partial charge < -0.3 is 25.2 Å². The quantitative estimate of drug-likeness (QED) is 0.194. The van der Waals surface area contributed by atoms with Gasteiger partial charge in [-0.05, 0) is 58.3 Å². The lowest BCUT2D eigenvalue weighted by atomic mass is 10.0. The number of aliphatic hydroxyl groups is 1. The smallest absolute Gasteiger partial charge is 0.463 e. The van der Waals surface area contributed by atoms with E-state index in [1.165, 1.54) is 25.7 Å². The largest absolute Gasteiger partial charge is 0.472 e. The van der Waals surface area contributed by atoms with Crippen LogP contribution in [-0.4, -0.2) is 59.6 Å². The van der Waals surface area contributed by atoms with Crippen molar-refractivity contribution in [3.05, 3.63) is 12.2 Å². The van der Waals surface area contributed by atoms with Crippen molar-refractivity contribution in [2.45, 2.75) is 134 Å². The second kappa shape index (κ2) is 17.7. The van der Waals surface area contributed by atoms with Gasteiger partial charge in [0.15, 0.2) is 0 Å². The van der Waals surface area contributed by atoms with E-state index in [2.05, 4.69) is 12.2 Å². The molecule has 1 saturated heterocycles. The third kappa shape index (κ3) is 14.2. The van der Waals surface area contributed by atoms with Crippen LogP contribution >= 0.6 is 7.82 Å². The molecule has 36 heavy (non-hydrogen) atoms. The number of phosphoric acid groups is 1. The highest BCUT2D eigenvalue weighted by Gasteiger charge is 2.48. The summed E-state index contributed by atoms with van der Waals surface area (Å²) in [5, 5.41) is 10.4. The Hall–Kier alpha value is -0.800. The predicted octanol–water partition coefficient (Wildman–Crippen LogP) is 4.93. The molecule has 4 unspecified atom stereocenters. The summed E-state index contributed by atoms with van der Waals surface area (Å²) in [6.45, 7) is 1.89. The molecule has 6 atom stereocenters. The van der Waals surface area contributed by atoms with E-state index >= 15 is 0 Å². The topological polar surface area (TPSA) is 141 Å². The van der Waals surface area contributed by atoms with Gasteiger partial charge in [0.2, 0.25) is 0 Å². The third-order valence-electron chi connectivity index (χ3n) is 6.64. The number of nitrogens with two attached hydrogens (primary N) is 1. The van der Waals surface area contributed by atoms with Crippen molar-refractivity contribution in [1.82, 2.24) is 0 Å². The Bertz CT molecular complexity index is 691. The van der Waals surface area contributed by atoms with Crippen LogP contribution in [0.5, 0.6) is 0 Å². The predicted molar refractivity (Wildman–Crippen MR) is 138 cm³/mol. The van der Waals surface area contributed by atoms with Gasteiger partial charge in [0.1, 0.15) is 6.10 Å². The molecule has 0 aromatic rings. The maximum atomic E-state index is 12.3. The molecular weight excluding hydrogens is 485 g/mol. The van der Waals surface area contributed by atoms with Crippen LogP contribution in [0.1, 0.15) is 103 Å². The second-order valence-electron chi connectivity index (χ2n) is 10.1. The summed E-state index contributed by atoms with van der Waals surface area (Å²) >= 11 is 0. The minimum atomic E-state index is -4.31. The van der Waals surface area contributed by atoms with Crippen molar-refractivity contribution in [2.75, 3.05) is 13.2 Å². The Morgan fingerprint density at radius 1 is 1.03 bits per heavy atom. The van der Waals surface area contributed by atoms with E-state index in [9.17, 15) is 19.4 Å². The molecule has 0 aromatic carbocycles. The first-order chi connectivity index (χ1) is 17.3. The number of epoxide rings is 1. The molecule has 9 nitrogen and oxygen atoms in total. The number of ether oxygens (including phenoxy) is 2. The first kappa shape index (κ1) is 31.4. The molecule has 2 aliphatic heterocycles. The molecule has 10 heteroatoms. The monoisotopic (exact) mass is 533 g/mol.